The zero-order chi connectivity index (χ0) is 7.68. The Hall–Kier alpha value is -1.58. The van der Waals surface area contributed by atoms with Crippen molar-refractivity contribution in [2.45, 2.75) is 0 Å². The lowest BCUT2D eigenvalue weighted by molar-refractivity contribution is 0.915. The van der Waals surface area contributed by atoms with Crippen molar-refractivity contribution < 1.29 is 0 Å². The Bertz CT molecular complexity index is 333. The first kappa shape index (κ1) is 6.15. The van der Waals surface area contributed by atoms with Gasteiger partial charge in [-0.1, -0.05) is 0 Å². The number of nitrogens with one attached hydrogen (secondary N) is 1. The number of H-pyrrole nitrogens is 1. The van der Waals surface area contributed by atoms with Gasteiger partial charge in [0.05, 0.1) is 5.69 Å². The van der Waals surface area contributed by atoms with E-state index in [1.807, 2.05) is 29.9 Å². The monoisotopic (exact) mass is 148 g/mol. The molecule has 2 rings (SSSR count). The normalized spacial score (nSPS) is 10.3. The fourth-order valence-electron chi connectivity index (χ4n) is 0.996. The van der Waals surface area contributed by atoms with Crippen LogP contribution in [0.15, 0.2) is 24.7 Å². The van der Waals surface area contributed by atoms with E-state index in [2.05, 4.69) is 15.2 Å². The molecule has 0 bridgehead atoms. The second-order valence-corrected chi connectivity index (χ2v) is 2.35. The minimum absolute atomic E-state index is 0.856. The van der Waals surface area contributed by atoms with Gasteiger partial charge in [-0.05, 0) is 12.1 Å². The van der Waals surface area contributed by atoms with E-state index in [0.717, 1.165) is 11.5 Å². The first-order valence-electron chi connectivity index (χ1n) is 3.35. The molecule has 0 aromatic carbocycles. The van der Waals surface area contributed by atoms with Gasteiger partial charge in [-0.15, -0.1) is 10.2 Å². The van der Waals surface area contributed by atoms with Crippen molar-refractivity contribution in [3.05, 3.63) is 24.7 Å². The van der Waals surface area contributed by atoms with Crippen LogP contribution in [0.1, 0.15) is 0 Å². The molecule has 0 saturated heterocycles. The van der Waals surface area contributed by atoms with Crippen LogP contribution in [0.25, 0.3) is 11.5 Å². The molecule has 0 fully saturated rings. The topological polar surface area (TPSA) is 46.5 Å². The highest BCUT2D eigenvalue weighted by Gasteiger charge is 2.02. The van der Waals surface area contributed by atoms with Crippen molar-refractivity contribution in [2.75, 3.05) is 0 Å². The lowest BCUT2D eigenvalue weighted by atomic mass is 10.4. The molecule has 4 heteroatoms. The van der Waals surface area contributed by atoms with E-state index in [9.17, 15) is 0 Å². The van der Waals surface area contributed by atoms with Crippen molar-refractivity contribution >= 4 is 0 Å². The molecular weight excluding hydrogens is 140 g/mol. The summed E-state index contributed by atoms with van der Waals surface area (Å²) in [5.41, 5.74) is 0.991. The van der Waals surface area contributed by atoms with Gasteiger partial charge in [0.2, 0.25) is 0 Å². The highest BCUT2D eigenvalue weighted by atomic mass is 15.3. The number of aryl methyl sites for hydroxylation is 1. The predicted octanol–water partition coefficient (Wildman–Crippen LogP) is 0.810. The lowest BCUT2D eigenvalue weighted by Gasteiger charge is -1.94. The Morgan fingerprint density at radius 2 is 2.45 bits per heavy atom. The summed E-state index contributed by atoms with van der Waals surface area (Å²) in [6.07, 6.45) is 3.54. The molecular formula is C7H8N4. The zero-order valence-corrected chi connectivity index (χ0v) is 6.15. The molecule has 0 atom stereocenters. The summed E-state index contributed by atoms with van der Waals surface area (Å²) >= 11 is 0. The van der Waals surface area contributed by atoms with Crippen molar-refractivity contribution in [2.24, 2.45) is 7.05 Å². The molecule has 0 saturated carbocycles. The number of hydrogen-bond donors (Lipinski definition) is 1. The van der Waals surface area contributed by atoms with E-state index in [-0.39, 0.29) is 0 Å². The highest BCUT2D eigenvalue weighted by Crippen LogP contribution is 2.10. The van der Waals surface area contributed by atoms with Gasteiger partial charge in [-0.25, -0.2) is 0 Å². The van der Waals surface area contributed by atoms with Crippen molar-refractivity contribution in [1.82, 2.24) is 19.7 Å². The Labute approximate surface area is 63.9 Å². The first-order valence-corrected chi connectivity index (χ1v) is 3.35. The summed E-state index contributed by atoms with van der Waals surface area (Å²) in [6.45, 7) is 0. The molecule has 4 nitrogen and oxygen atoms in total. The SMILES string of the molecule is Cn1cnnc1-c1ccc[nH]1. The van der Waals surface area contributed by atoms with E-state index in [0.29, 0.717) is 0 Å². The Kier molecular flexibility index (Phi) is 1.25. The number of hydrogen-bond acceptors (Lipinski definition) is 2. The molecule has 2 aromatic rings. The molecule has 0 aliphatic carbocycles. The third-order valence-corrected chi connectivity index (χ3v) is 1.55. The van der Waals surface area contributed by atoms with Crippen LogP contribution >= 0.6 is 0 Å². The van der Waals surface area contributed by atoms with Crippen LogP contribution in [-0.2, 0) is 7.05 Å². The quantitative estimate of drug-likeness (QED) is 0.650. The van der Waals surface area contributed by atoms with Crippen LogP contribution in [0.4, 0.5) is 0 Å². The standard InChI is InChI=1S/C7H8N4/c1-11-5-9-10-7(11)6-3-2-4-8-6/h2-5,8H,1H3. The number of nitrogens with zero attached hydrogens (tertiary/aromatic N) is 3. The third-order valence-electron chi connectivity index (χ3n) is 1.55. The van der Waals surface area contributed by atoms with Gasteiger partial charge in [0.1, 0.15) is 6.33 Å². The number of aromatic amines is 1. The number of rotatable bonds is 1. The van der Waals surface area contributed by atoms with Crippen LogP contribution in [0.2, 0.25) is 0 Å². The van der Waals surface area contributed by atoms with Gasteiger partial charge in [0.25, 0.3) is 0 Å². The molecule has 0 spiro atoms. The van der Waals surface area contributed by atoms with Gasteiger partial charge >= 0.3 is 0 Å². The van der Waals surface area contributed by atoms with Crippen molar-refractivity contribution in [3.63, 3.8) is 0 Å². The zero-order valence-electron chi connectivity index (χ0n) is 6.15. The van der Waals surface area contributed by atoms with E-state index >= 15 is 0 Å². The maximum Gasteiger partial charge on any atom is 0.179 e. The van der Waals surface area contributed by atoms with E-state index < -0.39 is 0 Å². The molecule has 1 N–H and O–H groups in total. The third kappa shape index (κ3) is 0.920. The van der Waals surface area contributed by atoms with Crippen LogP contribution in [0.3, 0.4) is 0 Å². The molecule has 0 radical (unpaired) electrons. The smallest absolute Gasteiger partial charge is 0.179 e. The second kappa shape index (κ2) is 2.23. The number of aromatic nitrogens is 4. The molecule has 11 heavy (non-hydrogen) atoms. The van der Waals surface area contributed by atoms with E-state index in [1.165, 1.54) is 0 Å². The van der Waals surface area contributed by atoms with Crippen LogP contribution in [-0.4, -0.2) is 19.7 Å². The largest absolute Gasteiger partial charge is 0.359 e. The van der Waals surface area contributed by atoms with Crippen molar-refractivity contribution in [1.29, 1.82) is 0 Å². The van der Waals surface area contributed by atoms with Gasteiger partial charge < -0.3 is 9.55 Å². The summed E-state index contributed by atoms with van der Waals surface area (Å²) in [5.74, 6) is 0.856. The maximum atomic E-state index is 3.94. The summed E-state index contributed by atoms with van der Waals surface area (Å²) in [7, 11) is 1.91. The molecule has 56 valence electrons. The molecule has 2 heterocycles. The van der Waals surface area contributed by atoms with Crippen molar-refractivity contribution in [3.8, 4) is 11.5 Å². The van der Waals surface area contributed by atoms with Crippen LogP contribution < -0.4 is 0 Å². The van der Waals surface area contributed by atoms with Gasteiger partial charge in [0.15, 0.2) is 5.82 Å². The lowest BCUT2D eigenvalue weighted by Crippen LogP contribution is -1.90. The van der Waals surface area contributed by atoms with Gasteiger partial charge in [-0.2, -0.15) is 0 Å². The van der Waals surface area contributed by atoms with Gasteiger partial charge in [-0.3, -0.25) is 0 Å². The van der Waals surface area contributed by atoms with Crippen LogP contribution in [0, 0.1) is 0 Å². The second-order valence-electron chi connectivity index (χ2n) is 2.35. The minimum atomic E-state index is 0.856. The molecule has 0 aliphatic heterocycles. The summed E-state index contributed by atoms with van der Waals surface area (Å²) in [5, 5.41) is 7.71. The fourth-order valence-corrected chi connectivity index (χ4v) is 0.996. The summed E-state index contributed by atoms with van der Waals surface area (Å²) < 4.78 is 1.87. The molecule has 0 amide bonds. The van der Waals surface area contributed by atoms with Gasteiger partial charge in [0, 0.05) is 13.2 Å². The average molecular weight is 148 g/mol. The molecule has 0 aliphatic rings. The average Bonchev–Trinajstić information content (AvgIpc) is 2.55. The highest BCUT2D eigenvalue weighted by molar-refractivity contribution is 5.48. The maximum absolute atomic E-state index is 3.94. The minimum Gasteiger partial charge on any atom is -0.359 e. The Morgan fingerprint density at radius 3 is 3.00 bits per heavy atom. The predicted molar refractivity (Wildman–Crippen MR) is 40.8 cm³/mol. The Balaban J connectivity index is 2.53. The summed E-state index contributed by atoms with van der Waals surface area (Å²) in [6, 6.07) is 3.90. The first-order chi connectivity index (χ1) is 5.38. The molecule has 0 unspecified atom stereocenters. The fraction of sp³-hybridized carbons (Fsp3) is 0.143. The molecule has 2 aromatic heterocycles. The van der Waals surface area contributed by atoms with Crippen LogP contribution in [0.5, 0.6) is 0 Å². The van der Waals surface area contributed by atoms with E-state index in [4.69, 9.17) is 0 Å². The summed E-state index contributed by atoms with van der Waals surface area (Å²) in [4.78, 5) is 3.06. The Morgan fingerprint density at radius 1 is 1.55 bits per heavy atom. The van der Waals surface area contributed by atoms with E-state index in [1.54, 1.807) is 6.33 Å².